The predicted molar refractivity (Wildman–Crippen MR) is 73.5 cm³/mol. The number of likely N-dealkylation sites (N-methyl/N-ethyl adjacent to an activating group) is 1. The summed E-state index contributed by atoms with van der Waals surface area (Å²) in [5, 5.41) is 12.4. The zero-order valence-electron chi connectivity index (χ0n) is 10.4. The summed E-state index contributed by atoms with van der Waals surface area (Å²) in [6, 6.07) is 0.0141. The highest BCUT2D eigenvalue weighted by molar-refractivity contribution is 9.10. The lowest BCUT2D eigenvalue weighted by Crippen LogP contribution is -2.33. The molecule has 96 valence electrons. The Balaban J connectivity index is 2.93. The van der Waals surface area contributed by atoms with Gasteiger partial charge >= 0.3 is 0 Å². The van der Waals surface area contributed by atoms with Gasteiger partial charge in [-0.3, -0.25) is 0 Å². The number of hydrogen-bond acceptors (Lipinski definition) is 5. The maximum Gasteiger partial charge on any atom is 0.148 e. The third kappa shape index (κ3) is 3.54. The molecule has 0 aromatic carbocycles. The number of aromatic nitrogens is 2. The summed E-state index contributed by atoms with van der Waals surface area (Å²) in [6.07, 6.45) is 2.56. The van der Waals surface area contributed by atoms with Crippen LogP contribution in [0.5, 0.6) is 0 Å². The standard InChI is InChI=1S/C11H19BrN4O/c1-4-5-13-10-9(12)11(15-7-14-10)16(3)8(2)6-17/h7-8,17H,4-6H2,1-3H3,(H,13,14,15). The second-order valence-corrected chi connectivity index (χ2v) is 4.72. The molecule has 0 radical (unpaired) electrons. The molecule has 1 aromatic heterocycles. The smallest absolute Gasteiger partial charge is 0.148 e. The lowest BCUT2D eigenvalue weighted by molar-refractivity contribution is 0.269. The summed E-state index contributed by atoms with van der Waals surface area (Å²) in [4.78, 5) is 10.3. The predicted octanol–water partition coefficient (Wildman–Crippen LogP) is 1.88. The van der Waals surface area contributed by atoms with Gasteiger partial charge in [-0.25, -0.2) is 9.97 Å². The van der Waals surface area contributed by atoms with Gasteiger partial charge in [-0.1, -0.05) is 6.92 Å². The molecule has 1 atom stereocenters. The molecule has 0 amide bonds. The topological polar surface area (TPSA) is 61.3 Å². The molecule has 0 aliphatic carbocycles. The average molecular weight is 303 g/mol. The number of nitrogens with one attached hydrogen (secondary N) is 1. The van der Waals surface area contributed by atoms with Crippen molar-refractivity contribution < 1.29 is 5.11 Å². The van der Waals surface area contributed by atoms with Crippen LogP contribution in [0, 0.1) is 0 Å². The summed E-state index contributed by atoms with van der Waals surface area (Å²) >= 11 is 3.50. The summed E-state index contributed by atoms with van der Waals surface area (Å²) in [5.74, 6) is 1.56. The lowest BCUT2D eigenvalue weighted by Gasteiger charge is -2.25. The van der Waals surface area contributed by atoms with Crippen LogP contribution in [0.3, 0.4) is 0 Å². The fraction of sp³-hybridized carbons (Fsp3) is 0.636. The molecule has 1 rings (SSSR count). The fourth-order valence-corrected chi connectivity index (χ4v) is 1.93. The van der Waals surface area contributed by atoms with Crippen molar-refractivity contribution in [2.45, 2.75) is 26.3 Å². The molecule has 0 aliphatic rings. The minimum atomic E-state index is 0.0141. The molecular weight excluding hydrogens is 284 g/mol. The van der Waals surface area contributed by atoms with Crippen LogP contribution in [-0.2, 0) is 0 Å². The van der Waals surface area contributed by atoms with Gasteiger partial charge in [0.15, 0.2) is 0 Å². The number of hydrogen-bond donors (Lipinski definition) is 2. The first kappa shape index (κ1) is 14.2. The highest BCUT2D eigenvalue weighted by Gasteiger charge is 2.16. The first-order valence-electron chi connectivity index (χ1n) is 5.69. The maximum absolute atomic E-state index is 9.15. The Labute approximate surface area is 110 Å². The van der Waals surface area contributed by atoms with Crippen LogP contribution < -0.4 is 10.2 Å². The minimum Gasteiger partial charge on any atom is -0.394 e. The molecule has 5 nitrogen and oxygen atoms in total. The molecule has 0 spiro atoms. The zero-order valence-corrected chi connectivity index (χ0v) is 12.0. The third-order valence-corrected chi connectivity index (χ3v) is 3.30. The molecule has 0 aliphatic heterocycles. The van der Waals surface area contributed by atoms with Gasteiger partial charge in [0.2, 0.25) is 0 Å². The molecule has 0 fully saturated rings. The second kappa shape index (κ2) is 6.76. The van der Waals surface area contributed by atoms with Gasteiger partial charge in [-0.15, -0.1) is 0 Å². The van der Waals surface area contributed by atoms with Gasteiger partial charge in [-0.2, -0.15) is 0 Å². The summed E-state index contributed by atoms with van der Waals surface area (Å²) < 4.78 is 0.830. The number of rotatable bonds is 6. The Morgan fingerprint density at radius 3 is 2.82 bits per heavy atom. The second-order valence-electron chi connectivity index (χ2n) is 3.93. The number of aliphatic hydroxyl groups is 1. The fourth-order valence-electron chi connectivity index (χ4n) is 1.30. The SMILES string of the molecule is CCCNc1ncnc(N(C)C(C)CO)c1Br. The zero-order chi connectivity index (χ0) is 12.8. The van der Waals surface area contributed by atoms with Crippen LogP contribution in [0.2, 0.25) is 0 Å². The van der Waals surface area contributed by atoms with Crippen molar-refractivity contribution in [2.24, 2.45) is 0 Å². The van der Waals surface area contributed by atoms with Crippen LogP contribution in [0.25, 0.3) is 0 Å². The molecule has 2 N–H and O–H groups in total. The summed E-state index contributed by atoms with van der Waals surface area (Å²) in [6.45, 7) is 5.00. The summed E-state index contributed by atoms with van der Waals surface area (Å²) in [5.41, 5.74) is 0. The van der Waals surface area contributed by atoms with E-state index in [4.69, 9.17) is 5.11 Å². The molecule has 1 unspecified atom stereocenters. The molecule has 0 saturated carbocycles. The van der Waals surface area contributed by atoms with Crippen LogP contribution in [0.1, 0.15) is 20.3 Å². The highest BCUT2D eigenvalue weighted by Crippen LogP contribution is 2.29. The highest BCUT2D eigenvalue weighted by atomic mass is 79.9. The van der Waals surface area contributed by atoms with E-state index in [9.17, 15) is 0 Å². The number of anilines is 2. The first-order valence-corrected chi connectivity index (χ1v) is 6.49. The average Bonchev–Trinajstić information content (AvgIpc) is 2.35. The van der Waals surface area contributed by atoms with E-state index in [0.29, 0.717) is 0 Å². The largest absolute Gasteiger partial charge is 0.394 e. The number of nitrogens with zero attached hydrogens (tertiary/aromatic N) is 3. The van der Waals surface area contributed by atoms with Crippen LogP contribution >= 0.6 is 15.9 Å². The Morgan fingerprint density at radius 1 is 1.53 bits per heavy atom. The van der Waals surface area contributed by atoms with Crippen LogP contribution in [0.15, 0.2) is 10.8 Å². The Hall–Kier alpha value is -0.880. The van der Waals surface area contributed by atoms with Crippen molar-refractivity contribution >= 4 is 27.6 Å². The van der Waals surface area contributed by atoms with Gasteiger partial charge in [0.05, 0.1) is 12.6 Å². The van der Waals surface area contributed by atoms with Gasteiger partial charge in [0, 0.05) is 13.6 Å². The van der Waals surface area contributed by atoms with E-state index in [2.05, 4.69) is 38.1 Å². The van der Waals surface area contributed by atoms with Gasteiger partial charge < -0.3 is 15.3 Å². The van der Waals surface area contributed by atoms with Crippen molar-refractivity contribution in [1.82, 2.24) is 9.97 Å². The quantitative estimate of drug-likeness (QED) is 0.840. The van der Waals surface area contributed by atoms with Gasteiger partial charge in [0.25, 0.3) is 0 Å². The van der Waals surface area contributed by atoms with E-state index >= 15 is 0 Å². The first-order chi connectivity index (χ1) is 8.11. The van der Waals surface area contributed by atoms with Crippen molar-refractivity contribution in [2.75, 3.05) is 30.4 Å². The molecule has 6 heteroatoms. The van der Waals surface area contributed by atoms with E-state index in [1.165, 1.54) is 6.33 Å². The van der Waals surface area contributed by atoms with E-state index in [1.807, 2.05) is 18.9 Å². The van der Waals surface area contributed by atoms with Gasteiger partial charge in [-0.05, 0) is 29.3 Å². The molecule has 0 saturated heterocycles. The number of aliphatic hydroxyl groups excluding tert-OH is 1. The van der Waals surface area contributed by atoms with Crippen LogP contribution in [-0.4, -0.2) is 41.3 Å². The number of halogens is 1. The van der Waals surface area contributed by atoms with Gasteiger partial charge in [0.1, 0.15) is 22.4 Å². The van der Waals surface area contributed by atoms with E-state index in [-0.39, 0.29) is 12.6 Å². The lowest BCUT2D eigenvalue weighted by atomic mass is 10.3. The Morgan fingerprint density at radius 2 is 2.24 bits per heavy atom. The molecule has 17 heavy (non-hydrogen) atoms. The van der Waals surface area contributed by atoms with Crippen molar-refractivity contribution in [3.8, 4) is 0 Å². The Bertz CT molecular complexity index is 361. The van der Waals surface area contributed by atoms with Crippen molar-refractivity contribution in [3.63, 3.8) is 0 Å². The minimum absolute atomic E-state index is 0.0141. The van der Waals surface area contributed by atoms with E-state index < -0.39 is 0 Å². The van der Waals surface area contributed by atoms with Crippen molar-refractivity contribution in [3.05, 3.63) is 10.8 Å². The summed E-state index contributed by atoms with van der Waals surface area (Å²) in [7, 11) is 1.90. The maximum atomic E-state index is 9.15. The normalized spacial score (nSPS) is 12.3. The van der Waals surface area contributed by atoms with Crippen molar-refractivity contribution in [1.29, 1.82) is 0 Å². The van der Waals surface area contributed by atoms with E-state index in [1.54, 1.807) is 0 Å². The molecule has 1 aromatic rings. The monoisotopic (exact) mass is 302 g/mol. The Kier molecular flexibility index (Phi) is 5.64. The van der Waals surface area contributed by atoms with E-state index in [0.717, 1.165) is 29.1 Å². The molecular formula is C11H19BrN4O. The molecule has 1 heterocycles. The molecule has 0 bridgehead atoms. The third-order valence-electron chi connectivity index (χ3n) is 2.57. The van der Waals surface area contributed by atoms with Crippen LogP contribution in [0.4, 0.5) is 11.6 Å².